The van der Waals surface area contributed by atoms with Crippen molar-refractivity contribution in [1.29, 1.82) is 0 Å². The summed E-state index contributed by atoms with van der Waals surface area (Å²) in [5.74, 6) is 6.70. The molecule has 3 aromatic rings. The van der Waals surface area contributed by atoms with Crippen LogP contribution in [0.2, 0.25) is 0 Å². The van der Waals surface area contributed by atoms with Crippen LogP contribution in [0.25, 0.3) is 22.3 Å². The highest BCUT2D eigenvalue weighted by molar-refractivity contribution is 5.81. The molecule has 6 nitrogen and oxygen atoms in total. The second-order valence-electron chi connectivity index (χ2n) is 4.33. The number of nitrogens with one attached hydrogen (secondary N) is 1. The van der Waals surface area contributed by atoms with Gasteiger partial charge in [0.25, 0.3) is 0 Å². The third-order valence-electron chi connectivity index (χ3n) is 3.18. The lowest BCUT2D eigenvalue weighted by Crippen LogP contribution is -2.10. The Labute approximate surface area is 110 Å². The van der Waals surface area contributed by atoms with Crippen molar-refractivity contribution in [2.24, 2.45) is 12.9 Å². The first-order chi connectivity index (χ1) is 9.19. The number of fused-ring (bicyclic) bond motifs is 1. The highest BCUT2D eigenvalue weighted by Gasteiger charge is 2.07. The smallest absolute Gasteiger partial charge is 0.237 e. The number of nitrogen functional groups attached to an aromatic ring is 1. The maximum absolute atomic E-state index is 5.32. The van der Waals surface area contributed by atoms with Crippen LogP contribution in [-0.4, -0.2) is 19.5 Å². The standard InChI is InChI=1S/C13H14N6/c1-8-16-11-7-9(3-4-12(11)19(8)2)10-5-6-15-13(17-10)18-14/h3-7H,14H2,1-2H3,(H,15,17,18). The van der Waals surface area contributed by atoms with Gasteiger partial charge < -0.3 is 4.57 Å². The molecule has 0 aliphatic heterocycles. The zero-order valence-electron chi connectivity index (χ0n) is 10.8. The number of aromatic nitrogens is 4. The molecule has 3 N–H and O–H groups in total. The molecule has 0 aliphatic carbocycles. The number of hydrogen-bond acceptors (Lipinski definition) is 5. The lowest BCUT2D eigenvalue weighted by molar-refractivity contribution is 0.886. The van der Waals surface area contributed by atoms with Gasteiger partial charge in [-0.3, -0.25) is 5.43 Å². The van der Waals surface area contributed by atoms with Crippen LogP contribution in [0, 0.1) is 6.92 Å². The van der Waals surface area contributed by atoms with E-state index in [1.165, 1.54) is 0 Å². The van der Waals surface area contributed by atoms with Crippen LogP contribution in [0.1, 0.15) is 5.82 Å². The zero-order valence-corrected chi connectivity index (χ0v) is 10.8. The highest BCUT2D eigenvalue weighted by Crippen LogP contribution is 2.23. The molecule has 0 unspecified atom stereocenters. The molecule has 0 radical (unpaired) electrons. The average molecular weight is 254 g/mol. The van der Waals surface area contributed by atoms with Crippen LogP contribution in [0.4, 0.5) is 5.95 Å². The van der Waals surface area contributed by atoms with Crippen molar-refractivity contribution in [3.05, 3.63) is 36.3 Å². The average Bonchev–Trinajstić information content (AvgIpc) is 2.73. The second-order valence-corrected chi connectivity index (χ2v) is 4.33. The molecule has 0 atom stereocenters. The third kappa shape index (κ3) is 1.92. The van der Waals surface area contributed by atoms with Crippen molar-refractivity contribution in [3.63, 3.8) is 0 Å². The second kappa shape index (κ2) is 4.33. The minimum absolute atomic E-state index is 0.398. The number of nitrogens with zero attached hydrogens (tertiary/aromatic N) is 4. The van der Waals surface area contributed by atoms with E-state index in [0.717, 1.165) is 28.1 Å². The Kier molecular flexibility index (Phi) is 2.64. The van der Waals surface area contributed by atoms with E-state index in [1.807, 2.05) is 38.2 Å². The summed E-state index contributed by atoms with van der Waals surface area (Å²) >= 11 is 0. The van der Waals surface area contributed by atoms with Crippen molar-refractivity contribution >= 4 is 17.0 Å². The molecule has 19 heavy (non-hydrogen) atoms. The summed E-state index contributed by atoms with van der Waals surface area (Å²) in [5.41, 5.74) is 6.31. The first kappa shape index (κ1) is 11.6. The number of aryl methyl sites for hydroxylation is 2. The molecule has 2 heterocycles. The van der Waals surface area contributed by atoms with Crippen LogP contribution < -0.4 is 11.3 Å². The number of imidazole rings is 1. The number of rotatable bonds is 2. The highest BCUT2D eigenvalue weighted by atomic mass is 15.3. The van der Waals surface area contributed by atoms with E-state index in [4.69, 9.17) is 5.84 Å². The minimum Gasteiger partial charge on any atom is -0.331 e. The van der Waals surface area contributed by atoms with Gasteiger partial charge in [-0.1, -0.05) is 6.07 Å². The van der Waals surface area contributed by atoms with Crippen LogP contribution in [-0.2, 0) is 7.05 Å². The fourth-order valence-corrected chi connectivity index (χ4v) is 2.07. The first-order valence-corrected chi connectivity index (χ1v) is 5.92. The van der Waals surface area contributed by atoms with Gasteiger partial charge in [0.1, 0.15) is 5.82 Å². The van der Waals surface area contributed by atoms with Gasteiger partial charge >= 0.3 is 0 Å². The minimum atomic E-state index is 0.398. The third-order valence-corrected chi connectivity index (χ3v) is 3.18. The molecular formula is C13H14N6. The summed E-state index contributed by atoms with van der Waals surface area (Å²) in [5, 5.41) is 0. The van der Waals surface area contributed by atoms with Gasteiger partial charge in [-0.05, 0) is 25.1 Å². The monoisotopic (exact) mass is 254 g/mol. The van der Waals surface area contributed by atoms with Crippen LogP contribution in [0.15, 0.2) is 30.5 Å². The van der Waals surface area contributed by atoms with Crippen LogP contribution in [0.3, 0.4) is 0 Å². The van der Waals surface area contributed by atoms with E-state index in [-0.39, 0.29) is 0 Å². The van der Waals surface area contributed by atoms with Gasteiger partial charge in [0, 0.05) is 18.8 Å². The van der Waals surface area contributed by atoms with E-state index < -0.39 is 0 Å². The van der Waals surface area contributed by atoms with Crippen LogP contribution >= 0.6 is 0 Å². The maximum Gasteiger partial charge on any atom is 0.237 e. The maximum atomic E-state index is 5.32. The Morgan fingerprint density at radius 3 is 2.84 bits per heavy atom. The fourth-order valence-electron chi connectivity index (χ4n) is 2.07. The topological polar surface area (TPSA) is 81.7 Å². The summed E-state index contributed by atoms with van der Waals surface area (Å²) in [4.78, 5) is 12.8. The molecule has 0 saturated heterocycles. The lowest BCUT2D eigenvalue weighted by Gasteiger charge is -2.03. The van der Waals surface area contributed by atoms with E-state index in [1.54, 1.807) is 6.20 Å². The molecule has 0 amide bonds. The quantitative estimate of drug-likeness (QED) is 0.536. The normalized spacial score (nSPS) is 10.9. The van der Waals surface area contributed by atoms with E-state index in [0.29, 0.717) is 5.95 Å². The van der Waals surface area contributed by atoms with Gasteiger partial charge in [-0.25, -0.2) is 20.8 Å². The van der Waals surface area contributed by atoms with E-state index in [2.05, 4.69) is 24.9 Å². The van der Waals surface area contributed by atoms with Crippen molar-refractivity contribution in [2.45, 2.75) is 6.92 Å². The zero-order chi connectivity index (χ0) is 13.4. The van der Waals surface area contributed by atoms with Gasteiger partial charge in [0.15, 0.2) is 0 Å². The molecule has 0 spiro atoms. The fraction of sp³-hybridized carbons (Fsp3) is 0.154. The first-order valence-electron chi connectivity index (χ1n) is 5.92. The molecule has 0 saturated carbocycles. The van der Waals surface area contributed by atoms with Crippen molar-refractivity contribution < 1.29 is 0 Å². The van der Waals surface area contributed by atoms with Gasteiger partial charge in [-0.2, -0.15) is 0 Å². The largest absolute Gasteiger partial charge is 0.331 e. The Hall–Kier alpha value is -2.47. The summed E-state index contributed by atoms with van der Waals surface area (Å²) in [6.45, 7) is 1.99. The molecule has 96 valence electrons. The number of hydrogen-bond donors (Lipinski definition) is 2. The predicted molar refractivity (Wildman–Crippen MR) is 74.3 cm³/mol. The van der Waals surface area contributed by atoms with Crippen molar-refractivity contribution in [1.82, 2.24) is 19.5 Å². The predicted octanol–water partition coefficient (Wildman–Crippen LogP) is 1.62. The summed E-state index contributed by atoms with van der Waals surface area (Å²) in [7, 11) is 2.01. The Morgan fingerprint density at radius 1 is 1.21 bits per heavy atom. The van der Waals surface area contributed by atoms with Gasteiger partial charge in [0.2, 0.25) is 5.95 Å². The van der Waals surface area contributed by atoms with E-state index in [9.17, 15) is 0 Å². The van der Waals surface area contributed by atoms with Gasteiger partial charge in [-0.15, -0.1) is 0 Å². The van der Waals surface area contributed by atoms with Crippen molar-refractivity contribution in [2.75, 3.05) is 5.43 Å². The van der Waals surface area contributed by atoms with Crippen LogP contribution in [0.5, 0.6) is 0 Å². The number of benzene rings is 1. The Morgan fingerprint density at radius 2 is 2.05 bits per heavy atom. The number of hydrazine groups is 1. The van der Waals surface area contributed by atoms with Gasteiger partial charge in [0.05, 0.1) is 16.7 Å². The molecule has 2 aromatic heterocycles. The molecule has 3 rings (SSSR count). The number of nitrogens with two attached hydrogens (primary N) is 1. The molecule has 1 aromatic carbocycles. The number of anilines is 1. The lowest BCUT2D eigenvalue weighted by atomic mass is 10.1. The summed E-state index contributed by atoms with van der Waals surface area (Å²) in [6.07, 6.45) is 1.67. The molecule has 0 fully saturated rings. The van der Waals surface area contributed by atoms with Crippen molar-refractivity contribution in [3.8, 4) is 11.3 Å². The molecule has 0 aliphatic rings. The summed E-state index contributed by atoms with van der Waals surface area (Å²) in [6, 6.07) is 7.93. The van der Waals surface area contributed by atoms with E-state index >= 15 is 0 Å². The summed E-state index contributed by atoms with van der Waals surface area (Å²) < 4.78 is 2.06. The molecule has 0 bridgehead atoms. The SMILES string of the molecule is Cc1nc2cc(-c3ccnc(NN)n3)ccc2n1C. The molecule has 6 heteroatoms. The molecular weight excluding hydrogens is 240 g/mol. The Balaban J connectivity index is 2.14. The Bertz CT molecular complexity index is 746.